The van der Waals surface area contributed by atoms with Gasteiger partial charge in [-0.15, -0.1) is 0 Å². The number of amides is 2. The molecule has 0 saturated carbocycles. The van der Waals surface area contributed by atoms with E-state index in [9.17, 15) is 14.0 Å². The number of carbonyl (C=O) groups excluding carboxylic acids is 2. The van der Waals surface area contributed by atoms with Crippen molar-refractivity contribution >= 4 is 17.9 Å². The number of benzene rings is 2. The summed E-state index contributed by atoms with van der Waals surface area (Å²) in [6.07, 6.45) is 3.27. The van der Waals surface area contributed by atoms with Crippen LogP contribution in [0.15, 0.2) is 48.5 Å². The minimum atomic E-state index is -0.463. The first kappa shape index (κ1) is 15.0. The van der Waals surface area contributed by atoms with Gasteiger partial charge in [-0.05, 0) is 18.2 Å². The fourth-order valence-corrected chi connectivity index (χ4v) is 2.56. The summed E-state index contributed by atoms with van der Waals surface area (Å²) in [5, 5.41) is 0. The topological polar surface area (TPSA) is 46.6 Å². The Labute approximate surface area is 132 Å². The van der Waals surface area contributed by atoms with Crippen LogP contribution in [0.2, 0.25) is 0 Å². The zero-order valence-corrected chi connectivity index (χ0v) is 12.5. The zero-order chi connectivity index (χ0) is 16.4. The summed E-state index contributed by atoms with van der Waals surface area (Å²) in [5.41, 5.74) is 1.37. The standard InChI is InChI=1S/C18H14FNO3/c1-23-16-12(6-4-10-15(16)19)7-5-11-20-17(21)13-8-2-3-9-14(13)18(20)22/h2-10H,11H2,1H3/b7-5+. The quantitative estimate of drug-likeness (QED) is 0.815. The molecule has 4 nitrogen and oxygen atoms in total. The van der Waals surface area contributed by atoms with E-state index < -0.39 is 5.82 Å². The zero-order valence-electron chi connectivity index (χ0n) is 12.5. The largest absolute Gasteiger partial charge is 0.493 e. The monoisotopic (exact) mass is 311 g/mol. The van der Waals surface area contributed by atoms with Crippen LogP contribution in [0, 0.1) is 5.82 Å². The Morgan fingerprint density at radius 1 is 1.04 bits per heavy atom. The number of hydrogen-bond acceptors (Lipinski definition) is 3. The maximum Gasteiger partial charge on any atom is 0.261 e. The highest BCUT2D eigenvalue weighted by molar-refractivity contribution is 6.21. The summed E-state index contributed by atoms with van der Waals surface area (Å²) in [7, 11) is 1.39. The number of imide groups is 1. The molecule has 1 heterocycles. The van der Waals surface area contributed by atoms with E-state index in [1.165, 1.54) is 13.2 Å². The summed E-state index contributed by atoms with van der Waals surface area (Å²) in [6.45, 7) is 0.117. The molecule has 2 aromatic rings. The second-order valence-corrected chi connectivity index (χ2v) is 5.03. The van der Waals surface area contributed by atoms with E-state index in [2.05, 4.69) is 0 Å². The molecule has 0 fully saturated rings. The summed E-state index contributed by atoms with van der Waals surface area (Å²) < 4.78 is 18.6. The van der Waals surface area contributed by atoms with Crippen molar-refractivity contribution in [2.24, 2.45) is 0 Å². The maximum absolute atomic E-state index is 13.6. The lowest BCUT2D eigenvalue weighted by atomic mass is 10.1. The molecule has 2 amide bonds. The Bertz CT molecular complexity index is 779. The predicted octanol–water partition coefficient (Wildman–Crippen LogP) is 3.14. The van der Waals surface area contributed by atoms with Crippen molar-refractivity contribution in [2.45, 2.75) is 0 Å². The van der Waals surface area contributed by atoms with Gasteiger partial charge in [0.2, 0.25) is 0 Å². The van der Waals surface area contributed by atoms with Crippen LogP contribution in [0.1, 0.15) is 26.3 Å². The Hall–Kier alpha value is -2.95. The summed E-state index contributed by atoms with van der Waals surface area (Å²) in [4.78, 5) is 25.6. The van der Waals surface area contributed by atoms with Gasteiger partial charge in [0.25, 0.3) is 11.8 Å². The smallest absolute Gasteiger partial charge is 0.261 e. The van der Waals surface area contributed by atoms with Crippen LogP contribution in [0.4, 0.5) is 4.39 Å². The van der Waals surface area contributed by atoms with E-state index >= 15 is 0 Å². The second-order valence-electron chi connectivity index (χ2n) is 5.03. The minimum absolute atomic E-state index is 0.117. The highest BCUT2D eigenvalue weighted by Crippen LogP contribution is 2.25. The first-order valence-corrected chi connectivity index (χ1v) is 7.07. The molecule has 0 bridgehead atoms. The Morgan fingerprint density at radius 3 is 2.30 bits per heavy atom. The molecule has 116 valence electrons. The molecule has 0 aliphatic carbocycles. The molecule has 0 N–H and O–H groups in total. The van der Waals surface area contributed by atoms with E-state index in [1.807, 2.05) is 0 Å². The summed E-state index contributed by atoms with van der Waals surface area (Å²) >= 11 is 0. The lowest BCUT2D eigenvalue weighted by Crippen LogP contribution is -2.29. The van der Waals surface area contributed by atoms with Gasteiger partial charge in [0.15, 0.2) is 11.6 Å². The Kier molecular flexibility index (Phi) is 3.93. The maximum atomic E-state index is 13.6. The molecule has 0 spiro atoms. The molecule has 1 aliphatic heterocycles. The number of fused-ring (bicyclic) bond motifs is 1. The number of rotatable bonds is 4. The molecule has 0 aromatic heterocycles. The third-order valence-electron chi connectivity index (χ3n) is 3.67. The van der Waals surface area contributed by atoms with Crippen LogP contribution in [-0.4, -0.2) is 30.4 Å². The minimum Gasteiger partial charge on any atom is -0.493 e. The van der Waals surface area contributed by atoms with Gasteiger partial charge in [0, 0.05) is 12.1 Å². The van der Waals surface area contributed by atoms with Gasteiger partial charge in [-0.2, -0.15) is 0 Å². The average Bonchev–Trinajstić information content (AvgIpc) is 2.80. The van der Waals surface area contributed by atoms with Gasteiger partial charge < -0.3 is 4.74 Å². The van der Waals surface area contributed by atoms with E-state index in [1.54, 1.807) is 48.6 Å². The fourth-order valence-electron chi connectivity index (χ4n) is 2.56. The number of halogens is 1. The number of carbonyl (C=O) groups is 2. The SMILES string of the molecule is COc1c(F)cccc1/C=C/CN1C(=O)c2ccccc2C1=O. The van der Waals surface area contributed by atoms with Crippen LogP contribution in [-0.2, 0) is 0 Å². The van der Waals surface area contributed by atoms with Crippen LogP contribution in [0.25, 0.3) is 6.08 Å². The number of hydrogen-bond donors (Lipinski definition) is 0. The lowest BCUT2D eigenvalue weighted by molar-refractivity contribution is 0.0672. The van der Waals surface area contributed by atoms with Crippen molar-refractivity contribution in [2.75, 3.05) is 13.7 Å². The predicted molar refractivity (Wildman–Crippen MR) is 83.8 cm³/mol. The molecular formula is C18H14FNO3. The van der Waals surface area contributed by atoms with Crippen molar-refractivity contribution in [1.82, 2.24) is 4.90 Å². The first-order valence-electron chi connectivity index (χ1n) is 7.07. The molecule has 0 atom stereocenters. The third kappa shape index (κ3) is 2.61. The van der Waals surface area contributed by atoms with Gasteiger partial charge in [0.1, 0.15) is 0 Å². The molecule has 3 rings (SSSR count). The van der Waals surface area contributed by atoms with Gasteiger partial charge >= 0.3 is 0 Å². The van der Waals surface area contributed by atoms with E-state index in [0.29, 0.717) is 16.7 Å². The molecule has 0 saturated heterocycles. The molecule has 2 aromatic carbocycles. The van der Waals surface area contributed by atoms with Gasteiger partial charge in [0.05, 0.1) is 18.2 Å². The summed E-state index contributed by atoms with van der Waals surface area (Å²) in [5.74, 6) is -0.968. The van der Waals surface area contributed by atoms with Gasteiger partial charge in [-0.25, -0.2) is 4.39 Å². The van der Waals surface area contributed by atoms with Crippen LogP contribution in [0.3, 0.4) is 0 Å². The number of nitrogens with zero attached hydrogens (tertiary/aromatic N) is 1. The van der Waals surface area contributed by atoms with Crippen LogP contribution < -0.4 is 4.74 Å². The second kappa shape index (κ2) is 6.04. The van der Waals surface area contributed by atoms with Crippen molar-refractivity contribution in [1.29, 1.82) is 0 Å². The van der Waals surface area contributed by atoms with Crippen molar-refractivity contribution in [3.05, 3.63) is 71.0 Å². The fraction of sp³-hybridized carbons (Fsp3) is 0.111. The normalized spacial score (nSPS) is 13.7. The molecule has 0 radical (unpaired) electrons. The number of methoxy groups -OCH3 is 1. The molecule has 1 aliphatic rings. The molecule has 5 heteroatoms. The van der Waals surface area contributed by atoms with Crippen LogP contribution in [0.5, 0.6) is 5.75 Å². The molecule has 0 unspecified atom stereocenters. The van der Waals surface area contributed by atoms with Crippen molar-refractivity contribution < 1.29 is 18.7 Å². The van der Waals surface area contributed by atoms with E-state index in [0.717, 1.165) is 4.90 Å². The lowest BCUT2D eigenvalue weighted by Gasteiger charge is -2.11. The van der Waals surface area contributed by atoms with Gasteiger partial charge in [-0.3, -0.25) is 14.5 Å². The molecular weight excluding hydrogens is 297 g/mol. The summed E-state index contributed by atoms with van der Waals surface area (Å²) in [6, 6.07) is 11.3. The highest BCUT2D eigenvalue weighted by atomic mass is 19.1. The van der Waals surface area contributed by atoms with Crippen LogP contribution >= 0.6 is 0 Å². The number of para-hydroxylation sites is 1. The van der Waals surface area contributed by atoms with E-state index in [4.69, 9.17) is 4.74 Å². The third-order valence-corrected chi connectivity index (χ3v) is 3.67. The van der Waals surface area contributed by atoms with Gasteiger partial charge in [-0.1, -0.05) is 36.4 Å². The average molecular weight is 311 g/mol. The molecule has 23 heavy (non-hydrogen) atoms. The highest BCUT2D eigenvalue weighted by Gasteiger charge is 2.34. The van der Waals surface area contributed by atoms with E-state index in [-0.39, 0.29) is 24.1 Å². The Morgan fingerprint density at radius 2 is 1.70 bits per heavy atom. The Balaban J connectivity index is 1.79. The number of ether oxygens (including phenoxy) is 1. The van der Waals surface area contributed by atoms with Crippen molar-refractivity contribution in [3.63, 3.8) is 0 Å². The first-order chi connectivity index (χ1) is 11.1. The van der Waals surface area contributed by atoms with Crippen molar-refractivity contribution in [3.8, 4) is 5.75 Å².